The molecule has 0 atom stereocenters. The number of para-hydroxylation sites is 1. The van der Waals surface area contributed by atoms with Crippen LogP contribution in [0.1, 0.15) is 33.4 Å². The summed E-state index contributed by atoms with van der Waals surface area (Å²) in [5.41, 5.74) is 7.88. The number of H-pyrrole nitrogens is 1. The van der Waals surface area contributed by atoms with Gasteiger partial charge in [-0.1, -0.05) is 43.3 Å². The standard InChI is InChI=1S/C20H17N3O.C5H11NO2/c1-2-15-13-14-7-6-10-17(18-11-12-21-22-18)19(14)20(24)23(15)16-8-4-3-5-9-16;1-5(2,3)8-4(6)7/h3-13H,2H2,1H3,(H,21,22);1-3H3,(H2,6,7). The van der Waals surface area contributed by atoms with E-state index in [4.69, 9.17) is 5.73 Å². The van der Waals surface area contributed by atoms with Gasteiger partial charge in [0.25, 0.3) is 5.56 Å². The Kier molecular flexibility index (Phi) is 6.78. The molecule has 4 rings (SSSR count). The highest BCUT2D eigenvalue weighted by atomic mass is 16.6. The molecule has 166 valence electrons. The average Bonchev–Trinajstić information content (AvgIpc) is 3.27. The first-order valence-electron chi connectivity index (χ1n) is 10.4. The summed E-state index contributed by atoms with van der Waals surface area (Å²) in [6.45, 7) is 7.35. The number of hydrogen-bond donors (Lipinski definition) is 2. The summed E-state index contributed by atoms with van der Waals surface area (Å²) >= 11 is 0. The Labute approximate surface area is 186 Å². The van der Waals surface area contributed by atoms with Gasteiger partial charge < -0.3 is 10.5 Å². The Hall–Kier alpha value is -3.87. The molecule has 0 saturated carbocycles. The van der Waals surface area contributed by atoms with Gasteiger partial charge in [0.05, 0.1) is 11.1 Å². The lowest BCUT2D eigenvalue weighted by molar-refractivity contribution is 0.0600. The molecule has 0 bridgehead atoms. The minimum atomic E-state index is -0.725. The highest BCUT2D eigenvalue weighted by molar-refractivity contribution is 5.95. The number of fused-ring (bicyclic) bond motifs is 1. The molecule has 3 N–H and O–H groups in total. The van der Waals surface area contributed by atoms with Crippen molar-refractivity contribution in [3.63, 3.8) is 0 Å². The fraction of sp³-hybridized carbons (Fsp3) is 0.240. The minimum Gasteiger partial charge on any atom is -0.444 e. The monoisotopic (exact) mass is 432 g/mol. The zero-order valence-corrected chi connectivity index (χ0v) is 18.8. The number of hydrogen-bond acceptors (Lipinski definition) is 4. The van der Waals surface area contributed by atoms with Crippen LogP contribution < -0.4 is 11.3 Å². The predicted octanol–water partition coefficient (Wildman–Crippen LogP) is 4.82. The van der Waals surface area contributed by atoms with Crippen molar-refractivity contribution >= 4 is 16.9 Å². The van der Waals surface area contributed by atoms with E-state index in [-0.39, 0.29) is 5.56 Å². The lowest BCUT2D eigenvalue weighted by Crippen LogP contribution is -2.27. The number of benzene rings is 2. The summed E-state index contributed by atoms with van der Waals surface area (Å²) in [7, 11) is 0. The van der Waals surface area contributed by atoms with Crippen LogP contribution in [0.4, 0.5) is 4.79 Å². The van der Waals surface area contributed by atoms with Crippen molar-refractivity contribution in [1.82, 2.24) is 14.8 Å². The largest absolute Gasteiger partial charge is 0.444 e. The Balaban J connectivity index is 0.000000312. The summed E-state index contributed by atoms with van der Waals surface area (Å²) in [5.74, 6) is 0. The summed E-state index contributed by atoms with van der Waals surface area (Å²) < 4.78 is 6.38. The lowest BCUT2D eigenvalue weighted by atomic mass is 10.0. The molecule has 0 spiro atoms. The third-order valence-corrected chi connectivity index (χ3v) is 4.70. The molecule has 0 radical (unpaired) electrons. The molecule has 0 saturated heterocycles. The van der Waals surface area contributed by atoms with Crippen molar-refractivity contribution < 1.29 is 9.53 Å². The number of nitrogens with zero attached hydrogens (tertiary/aromatic N) is 2. The third-order valence-electron chi connectivity index (χ3n) is 4.70. The Morgan fingerprint density at radius 1 is 1.09 bits per heavy atom. The van der Waals surface area contributed by atoms with Crippen molar-refractivity contribution in [2.24, 2.45) is 5.73 Å². The number of ether oxygens (including phenoxy) is 1. The van der Waals surface area contributed by atoms with Gasteiger partial charge in [0.15, 0.2) is 0 Å². The van der Waals surface area contributed by atoms with Gasteiger partial charge >= 0.3 is 6.09 Å². The number of carbonyl (C=O) groups excluding carboxylic acids is 1. The van der Waals surface area contributed by atoms with E-state index >= 15 is 0 Å². The molecule has 32 heavy (non-hydrogen) atoms. The van der Waals surface area contributed by atoms with Crippen LogP contribution in [0, 0.1) is 0 Å². The molecule has 2 aromatic carbocycles. The maximum Gasteiger partial charge on any atom is 0.405 e. The van der Waals surface area contributed by atoms with Crippen LogP contribution in [0.15, 0.2) is 71.7 Å². The maximum absolute atomic E-state index is 13.4. The van der Waals surface area contributed by atoms with E-state index in [0.717, 1.165) is 34.4 Å². The summed E-state index contributed by atoms with van der Waals surface area (Å²) in [4.78, 5) is 23.4. The molecular weight excluding hydrogens is 404 g/mol. The van der Waals surface area contributed by atoms with Gasteiger partial charge in [-0.3, -0.25) is 14.5 Å². The fourth-order valence-electron chi connectivity index (χ4n) is 3.47. The van der Waals surface area contributed by atoms with E-state index in [1.54, 1.807) is 27.0 Å². The normalized spacial score (nSPS) is 11.0. The highest BCUT2D eigenvalue weighted by Gasteiger charge is 2.14. The molecule has 0 aliphatic carbocycles. The van der Waals surface area contributed by atoms with E-state index in [1.807, 2.05) is 59.2 Å². The Morgan fingerprint density at radius 3 is 2.34 bits per heavy atom. The molecule has 0 fully saturated rings. The molecule has 0 aliphatic heterocycles. The van der Waals surface area contributed by atoms with Crippen LogP contribution in [0.2, 0.25) is 0 Å². The van der Waals surface area contributed by atoms with Crippen LogP contribution >= 0.6 is 0 Å². The number of pyridine rings is 1. The van der Waals surface area contributed by atoms with Crippen molar-refractivity contribution in [1.29, 1.82) is 0 Å². The van der Waals surface area contributed by atoms with Crippen LogP contribution in [-0.2, 0) is 11.2 Å². The number of nitrogens with one attached hydrogen (secondary N) is 1. The second-order valence-corrected chi connectivity index (χ2v) is 8.24. The molecule has 7 nitrogen and oxygen atoms in total. The summed E-state index contributed by atoms with van der Waals surface area (Å²) in [6, 6.07) is 19.7. The molecule has 1 amide bonds. The van der Waals surface area contributed by atoms with Crippen LogP contribution in [0.3, 0.4) is 0 Å². The van der Waals surface area contributed by atoms with Crippen molar-refractivity contribution in [3.8, 4) is 16.9 Å². The number of amides is 1. The SMILES string of the molecule is CC(C)(C)OC(N)=O.CCc1cc2cccc(-c3ccn[nH]3)c2c(=O)n1-c1ccccc1. The first-order chi connectivity index (χ1) is 15.2. The quantitative estimate of drug-likeness (QED) is 0.484. The molecule has 7 heteroatoms. The van der Waals surface area contributed by atoms with Gasteiger partial charge in [-0.25, -0.2) is 4.79 Å². The molecule has 4 aromatic rings. The number of nitrogens with two attached hydrogens (primary N) is 1. The molecular formula is C25H28N4O3. The summed E-state index contributed by atoms with van der Waals surface area (Å²) in [5, 5.41) is 8.64. The van der Waals surface area contributed by atoms with Crippen LogP contribution in [0.25, 0.3) is 27.7 Å². The summed E-state index contributed by atoms with van der Waals surface area (Å²) in [6.07, 6.45) is 1.76. The van der Waals surface area contributed by atoms with Crippen molar-refractivity contribution in [2.75, 3.05) is 0 Å². The molecule has 2 heterocycles. The predicted molar refractivity (Wildman–Crippen MR) is 127 cm³/mol. The second-order valence-electron chi connectivity index (χ2n) is 8.24. The van der Waals surface area contributed by atoms with E-state index in [1.165, 1.54) is 0 Å². The van der Waals surface area contributed by atoms with E-state index < -0.39 is 11.7 Å². The third kappa shape index (κ3) is 5.24. The number of carbonyl (C=O) groups is 1. The number of rotatable bonds is 3. The highest BCUT2D eigenvalue weighted by Crippen LogP contribution is 2.26. The Bertz CT molecular complexity index is 1250. The van der Waals surface area contributed by atoms with Gasteiger partial charge in [0.1, 0.15) is 5.60 Å². The molecule has 0 aliphatic rings. The van der Waals surface area contributed by atoms with E-state index in [2.05, 4.69) is 27.9 Å². The number of primary amides is 1. The topological polar surface area (TPSA) is 103 Å². The van der Waals surface area contributed by atoms with E-state index in [0.29, 0.717) is 5.39 Å². The Morgan fingerprint density at radius 2 is 1.81 bits per heavy atom. The fourth-order valence-corrected chi connectivity index (χ4v) is 3.47. The van der Waals surface area contributed by atoms with Crippen LogP contribution in [-0.4, -0.2) is 26.5 Å². The lowest BCUT2D eigenvalue weighted by Gasteiger charge is -2.16. The zero-order valence-electron chi connectivity index (χ0n) is 18.8. The number of aromatic amines is 1. The smallest absolute Gasteiger partial charge is 0.405 e. The van der Waals surface area contributed by atoms with Gasteiger partial charge in [-0.2, -0.15) is 5.10 Å². The first-order valence-corrected chi connectivity index (χ1v) is 10.4. The van der Waals surface area contributed by atoms with Gasteiger partial charge in [0, 0.05) is 23.1 Å². The van der Waals surface area contributed by atoms with Crippen molar-refractivity contribution in [2.45, 2.75) is 39.7 Å². The number of aryl methyl sites for hydroxylation is 1. The van der Waals surface area contributed by atoms with E-state index in [9.17, 15) is 9.59 Å². The zero-order chi connectivity index (χ0) is 23.3. The van der Waals surface area contributed by atoms with Crippen molar-refractivity contribution in [3.05, 3.63) is 82.9 Å². The van der Waals surface area contributed by atoms with Gasteiger partial charge in [-0.15, -0.1) is 0 Å². The molecule has 2 aromatic heterocycles. The minimum absolute atomic E-state index is 0.000694. The van der Waals surface area contributed by atoms with Gasteiger partial charge in [0.2, 0.25) is 0 Å². The molecule has 0 unspecified atom stereocenters. The van der Waals surface area contributed by atoms with Crippen LogP contribution in [0.5, 0.6) is 0 Å². The maximum atomic E-state index is 13.4. The average molecular weight is 433 g/mol. The number of aromatic nitrogens is 3. The van der Waals surface area contributed by atoms with Gasteiger partial charge in [-0.05, 0) is 56.8 Å². The first kappa shape index (κ1) is 22.8. The second kappa shape index (κ2) is 9.51.